The molecule has 0 spiro atoms. The van der Waals surface area contributed by atoms with Crippen LogP contribution in [0, 0.1) is 6.92 Å². The molecule has 2 N–H and O–H groups in total. The predicted octanol–water partition coefficient (Wildman–Crippen LogP) is 2.88. The highest BCUT2D eigenvalue weighted by Crippen LogP contribution is 2.34. The monoisotopic (exact) mass is 261 g/mol. The molecule has 0 radical (unpaired) electrons. The van der Waals surface area contributed by atoms with Crippen LogP contribution < -0.4 is 15.2 Å². The van der Waals surface area contributed by atoms with Crippen LogP contribution in [-0.4, -0.2) is 13.2 Å². The number of fused-ring (bicyclic) bond motifs is 1. The van der Waals surface area contributed by atoms with E-state index >= 15 is 0 Å². The van der Waals surface area contributed by atoms with Crippen molar-refractivity contribution >= 4 is 11.3 Å². The van der Waals surface area contributed by atoms with Crippen molar-refractivity contribution in [3.63, 3.8) is 0 Å². The SMILES string of the molecule is Cc1ccc(C(N)c2ccc3c(c2)OCCO3)s1. The minimum atomic E-state index is -0.0977. The maximum absolute atomic E-state index is 6.28. The molecule has 0 saturated heterocycles. The van der Waals surface area contributed by atoms with E-state index in [2.05, 4.69) is 19.1 Å². The molecule has 18 heavy (non-hydrogen) atoms. The van der Waals surface area contributed by atoms with E-state index in [1.54, 1.807) is 11.3 Å². The number of ether oxygens (including phenoxy) is 2. The minimum Gasteiger partial charge on any atom is -0.486 e. The van der Waals surface area contributed by atoms with E-state index in [1.807, 2.05) is 18.2 Å². The van der Waals surface area contributed by atoms with Crippen molar-refractivity contribution < 1.29 is 9.47 Å². The third-order valence-corrected chi connectivity index (χ3v) is 4.08. The summed E-state index contributed by atoms with van der Waals surface area (Å²) in [4.78, 5) is 2.45. The first-order valence-electron chi connectivity index (χ1n) is 5.95. The number of aryl methyl sites for hydroxylation is 1. The molecule has 3 nitrogen and oxygen atoms in total. The minimum absolute atomic E-state index is 0.0977. The average molecular weight is 261 g/mol. The van der Waals surface area contributed by atoms with E-state index in [9.17, 15) is 0 Å². The van der Waals surface area contributed by atoms with E-state index in [-0.39, 0.29) is 6.04 Å². The van der Waals surface area contributed by atoms with Crippen LogP contribution in [0.25, 0.3) is 0 Å². The summed E-state index contributed by atoms with van der Waals surface area (Å²) in [6, 6.07) is 10.0. The molecule has 3 rings (SSSR count). The van der Waals surface area contributed by atoms with Crippen LogP contribution in [0.4, 0.5) is 0 Å². The second-order valence-electron chi connectivity index (χ2n) is 4.33. The van der Waals surface area contributed by atoms with Gasteiger partial charge >= 0.3 is 0 Å². The van der Waals surface area contributed by atoms with Crippen LogP contribution in [0.3, 0.4) is 0 Å². The van der Waals surface area contributed by atoms with Gasteiger partial charge in [0.1, 0.15) is 13.2 Å². The number of rotatable bonds is 2. The Labute approximate surface area is 110 Å². The first-order valence-corrected chi connectivity index (χ1v) is 6.77. The Morgan fingerprint density at radius 1 is 1.11 bits per heavy atom. The first-order chi connectivity index (χ1) is 8.74. The second kappa shape index (κ2) is 4.63. The summed E-state index contributed by atoms with van der Waals surface area (Å²) >= 11 is 1.73. The Bertz CT molecular complexity index is 565. The fourth-order valence-corrected chi connectivity index (χ4v) is 2.95. The smallest absolute Gasteiger partial charge is 0.161 e. The van der Waals surface area contributed by atoms with Gasteiger partial charge in [0.15, 0.2) is 11.5 Å². The van der Waals surface area contributed by atoms with Crippen molar-refractivity contribution in [2.45, 2.75) is 13.0 Å². The Hall–Kier alpha value is -1.52. The summed E-state index contributed by atoms with van der Waals surface area (Å²) in [6.45, 7) is 3.30. The van der Waals surface area contributed by atoms with Gasteiger partial charge in [-0.25, -0.2) is 0 Å². The summed E-state index contributed by atoms with van der Waals surface area (Å²) in [7, 11) is 0. The Balaban J connectivity index is 1.92. The Morgan fingerprint density at radius 3 is 2.61 bits per heavy atom. The van der Waals surface area contributed by atoms with Crippen molar-refractivity contribution in [1.82, 2.24) is 0 Å². The molecule has 2 aromatic rings. The van der Waals surface area contributed by atoms with Crippen molar-refractivity contribution in [2.75, 3.05) is 13.2 Å². The normalized spacial score (nSPS) is 15.4. The molecular formula is C14H15NO2S. The van der Waals surface area contributed by atoms with Crippen LogP contribution >= 0.6 is 11.3 Å². The molecule has 0 amide bonds. The van der Waals surface area contributed by atoms with E-state index < -0.39 is 0 Å². The zero-order chi connectivity index (χ0) is 12.5. The number of benzene rings is 1. The van der Waals surface area contributed by atoms with E-state index in [4.69, 9.17) is 15.2 Å². The second-order valence-corrected chi connectivity index (χ2v) is 5.65. The maximum Gasteiger partial charge on any atom is 0.161 e. The topological polar surface area (TPSA) is 44.5 Å². The van der Waals surface area contributed by atoms with Gasteiger partial charge in [0.05, 0.1) is 6.04 Å². The highest BCUT2D eigenvalue weighted by atomic mass is 32.1. The van der Waals surface area contributed by atoms with Gasteiger partial charge in [-0.1, -0.05) is 6.07 Å². The van der Waals surface area contributed by atoms with Gasteiger partial charge in [-0.3, -0.25) is 0 Å². The molecule has 1 aromatic heterocycles. The summed E-state index contributed by atoms with van der Waals surface area (Å²) in [5.74, 6) is 1.60. The molecule has 94 valence electrons. The van der Waals surface area contributed by atoms with Crippen molar-refractivity contribution in [1.29, 1.82) is 0 Å². The molecule has 0 bridgehead atoms. The maximum atomic E-state index is 6.28. The van der Waals surface area contributed by atoms with Gasteiger partial charge in [-0.15, -0.1) is 11.3 Å². The quantitative estimate of drug-likeness (QED) is 0.904. The van der Waals surface area contributed by atoms with E-state index in [0.29, 0.717) is 13.2 Å². The molecule has 1 aliphatic rings. The highest BCUT2D eigenvalue weighted by Gasteiger charge is 2.16. The van der Waals surface area contributed by atoms with E-state index in [0.717, 1.165) is 17.1 Å². The standard InChI is InChI=1S/C14H15NO2S/c1-9-2-5-13(18-9)14(15)10-3-4-11-12(8-10)17-7-6-16-11/h2-5,8,14H,6-7,15H2,1H3. The molecule has 2 heterocycles. The third kappa shape index (κ3) is 2.09. The predicted molar refractivity (Wildman–Crippen MR) is 72.5 cm³/mol. The lowest BCUT2D eigenvalue weighted by Gasteiger charge is -2.20. The van der Waals surface area contributed by atoms with E-state index in [1.165, 1.54) is 9.75 Å². The molecule has 1 aliphatic heterocycles. The fraction of sp³-hybridized carbons (Fsp3) is 0.286. The lowest BCUT2D eigenvalue weighted by atomic mass is 10.1. The zero-order valence-electron chi connectivity index (χ0n) is 10.2. The average Bonchev–Trinajstić information content (AvgIpc) is 2.84. The lowest BCUT2D eigenvalue weighted by Crippen LogP contribution is -2.16. The highest BCUT2D eigenvalue weighted by molar-refractivity contribution is 7.12. The summed E-state index contributed by atoms with van der Waals surface area (Å²) in [5, 5.41) is 0. The summed E-state index contributed by atoms with van der Waals surface area (Å²) < 4.78 is 11.1. The first kappa shape index (κ1) is 11.6. The molecule has 0 fully saturated rings. The molecule has 4 heteroatoms. The van der Waals surface area contributed by atoms with Crippen LogP contribution in [0.15, 0.2) is 30.3 Å². The largest absolute Gasteiger partial charge is 0.486 e. The Morgan fingerprint density at radius 2 is 1.89 bits per heavy atom. The molecule has 1 aromatic carbocycles. The fourth-order valence-electron chi connectivity index (χ4n) is 2.04. The van der Waals surface area contributed by atoms with Crippen molar-refractivity contribution in [3.05, 3.63) is 45.6 Å². The molecule has 1 atom stereocenters. The van der Waals surface area contributed by atoms with Gasteiger partial charge in [0.2, 0.25) is 0 Å². The van der Waals surface area contributed by atoms with Crippen molar-refractivity contribution in [2.24, 2.45) is 5.73 Å². The number of hydrogen-bond donors (Lipinski definition) is 1. The third-order valence-electron chi connectivity index (χ3n) is 2.99. The van der Waals surface area contributed by atoms with Crippen LogP contribution in [0.2, 0.25) is 0 Å². The molecule has 1 unspecified atom stereocenters. The molecule has 0 aliphatic carbocycles. The van der Waals surface area contributed by atoms with Gasteiger partial charge in [-0.05, 0) is 36.8 Å². The number of nitrogens with two attached hydrogens (primary N) is 1. The zero-order valence-corrected chi connectivity index (χ0v) is 11.0. The van der Waals surface area contributed by atoms with Gasteiger partial charge in [-0.2, -0.15) is 0 Å². The lowest BCUT2D eigenvalue weighted by molar-refractivity contribution is 0.171. The van der Waals surface area contributed by atoms with Gasteiger partial charge < -0.3 is 15.2 Å². The summed E-state index contributed by atoms with van der Waals surface area (Å²) in [6.07, 6.45) is 0. The van der Waals surface area contributed by atoms with Crippen LogP contribution in [0.1, 0.15) is 21.4 Å². The van der Waals surface area contributed by atoms with Crippen LogP contribution in [0.5, 0.6) is 11.5 Å². The van der Waals surface area contributed by atoms with Crippen molar-refractivity contribution in [3.8, 4) is 11.5 Å². The molecule has 0 saturated carbocycles. The number of thiophene rings is 1. The van der Waals surface area contributed by atoms with Gasteiger partial charge in [0.25, 0.3) is 0 Å². The van der Waals surface area contributed by atoms with Gasteiger partial charge in [0, 0.05) is 9.75 Å². The molecular weight excluding hydrogens is 246 g/mol. The number of hydrogen-bond acceptors (Lipinski definition) is 4. The Kier molecular flexibility index (Phi) is 2.97. The van der Waals surface area contributed by atoms with Crippen LogP contribution in [-0.2, 0) is 0 Å². The summed E-state index contributed by atoms with van der Waals surface area (Å²) in [5.41, 5.74) is 7.33.